The van der Waals surface area contributed by atoms with Crippen molar-refractivity contribution < 1.29 is 42.9 Å². The minimum atomic E-state index is -1.62. The topological polar surface area (TPSA) is 111 Å². The first-order valence-electron chi connectivity index (χ1n) is 24.4. The lowest BCUT2D eigenvalue weighted by atomic mass is 10.1. The van der Waals surface area contributed by atoms with Gasteiger partial charge in [0.25, 0.3) is 0 Å². The van der Waals surface area contributed by atoms with E-state index in [1.54, 1.807) is 0 Å². The van der Waals surface area contributed by atoms with E-state index in [0.29, 0.717) is 23.9 Å². The molecule has 0 amide bonds. The SMILES string of the molecule is CC/C=C\C/C=C\C/C=C\C/C=C\C/C=C\CCCCCCCCCCCC(=O)OC(COC(=O)CCCCCCCCCCCCC)COC(OCC[N+](C)(C)C)C(=O)[O-]. The average molecular weight is 858 g/mol. The van der Waals surface area contributed by atoms with Crippen LogP contribution in [0, 0.1) is 0 Å². The van der Waals surface area contributed by atoms with E-state index in [1.807, 2.05) is 21.1 Å². The van der Waals surface area contributed by atoms with Gasteiger partial charge in [-0.1, -0.05) is 184 Å². The third kappa shape index (κ3) is 44.8. The van der Waals surface area contributed by atoms with Gasteiger partial charge in [0.2, 0.25) is 0 Å². The van der Waals surface area contributed by atoms with Gasteiger partial charge in [-0.05, 0) is 57.8 Å². The molecule has 0 saturated heterocycles. The predicted molar refractivity (Wildman–Crippen MR) is 251 cm³/mol. The number of nitrogens with zero attached hydrogens (tertiary/aromatic N) is 1. The molecule has 0 saturated carbocycles. The van der Waals surface area contributed by atoms with E-state index in [2.05, 4.69) is 74.6 Å². The van der Waals surface area contributed by atoms with Gasteiger partial charge in [-0.25, -0.2) is 0 Å². The fraction of sp³-hybridized carbons (Fsp3) is 0.750. The van der Waals surface area contributed by atoms with Gasteiger partial charge in [0.1, 0.15) is 13.2 Å². The highest BCUT2D eigenvalue weighted by atomic mass is 16.7. The molecule has 9 nitrogen and oxygen atoms in total. The van der Waals surface area contributed by atoms with Crippen LogP contribution in [0.1, 0.15) is 194 Å². The molecule has 9 heteroatoms. The van der Waals surface area contributed by atoms with Crippen molar-refractivity contribution in [1.82, 2.24) is 0 Å². The highest BCUT2D eigenvalue weighted by Crippen LogP contribution is 2.15. The maximum absolute atomic E-state index is 12.8. The first-order valence-corrected chi connectivity index (χ1v) is 24.4. The predicted octanol–water partition coefficient (Wildman–Crippen LogP) is 12.0. The third-order valence-corrected chi connectivity index (χ3v) is 10.3. The number of carbonyl (C=O) groups excluding carboxylic acids is 3. The second-order valence-electron chi connectivity index (χ2n) is 17.4. The summed E-state index contributed by atoms with van der Waals surface area (Å²) in [6.45, 7) is 4.61. The number of carbonyl (C=O) groups is 3. The molecule has 0 N–H and O–H groups in total. The molecule has 0 rings (SSSR count). The molecule has 0 aromatic rings. The van der Waals surface area contributed by atoms with Crippen LogP contribution in [0.4, 0.5) is 0 Å². The minimum absolute atomic E-state index is 0.145. The van der Waals surface area contributed by atoms with Crippen molar-refractivity contribution >= 4 is 17.9 Å². The second kappa shape index (κ2) is 43.6. The summed E-state index contributed by atoms with van der Waals surface area (Å²) < 4.78 is 22.6. The molecule has 352 valence electrons. The Balaban J connectivity index is 4.31. The normalized spacial score (nSPS) is 13.4. The number of quaternary nitrogens is 1. The summed E-state index contributed by atoms with van der Waals surface area (Å²) in [6, 6.07) is 0. The zero-order chi connectivity index (χ0) is 44.9. The summed E-state index contributed by atoms with van der Waals surface area (Å²) in [5, 5.41) is 11.7. The molecule has 0 bridgehead atoms. The van der Waals surface area contributed by atoms with Crippen molar-refractivity contribution in [1.29, 1.82) is 0 Å². The van der Waals surface area contributed by atoms with Crippen molar-refractivity contribution in [3.05, 3.63) is 60.8 Å². The van der Waals surface area contributed by atoms with E-state index in [9.17, 15) is 19.5 Å². The fourth-order valence-corrected chi connectivity index (χ4v) is 6.50. The van der Waals surface area contributed by atoms with Crippen LogP contribution in [0.15, 0.2) is 60.8 Å². The lowest BCUT2D eigenvalue weighted by Gasteiger charge is -2.26. The quantitative estimate of drug-likeness (QED) is 0.0196. The smallest absolute Gasteiger partial charge is 0.306 e. The van der Waals surface area contributed by atoms with Gasteiger partial charge in [0, 0.05) is 12.8 Å². The van der Waals surface area contributed by atoms with Gasteiger partial charge >= 0.3 is 11.9 Å². The van der Waals surface area contributed by atoms with Crippen LogP contribution in [0.3, 0.4) is 0 Å². The summed E-state index contributed by atoms with van der Waals surface area (Å²) >= 11 is 0. The van der Waals surface area contributed by atoms with Crippen LogP contribution in [0.25, 0.3) is 0 Å². The number of allylic oxidation sites excluding steroid dienone is 10. The van der Waals surface area contributed by atoms with E-state index >= 15 is 0 Å². The molecule has 2 atom stereocenters. The van der Waals surface area contributed by atoms with Gasteiger partial charge in [-0.15, -0.1) is 0 Å². The highest BCUT2D eigenvalue weighted by molar-refractivity contribution is 5.70. The van der Waals surface area contributed by atoms with Crippen LogP contribution in [-0.2, 0) is 33.3 Å². The number of rotatable bonds is 44. The number of hydrogen-bond acceptors (Lipinski definition) is 8. The largest absolute Gasteiger partial charge is 0.545 e. The Morgan fingerprint density at radius 2 is 0.934 bits per heavy atom. The van der Waals surface area contributed by atoms with Crippen LogP contribution in [0.2, 0.25) is 0 Å². The van der Waals surface area contributed by atoms with Crippen LogP contribution in [-0.4, -0.2) is 82.3 Å². The number of carboxylic acids is 1. The Hall–Kier alpha value is -3.01. The highest BCUT2D eigenvalue weighted by Gasteiger charge is 2.21. The van der Waals surface area contributed by atoms with Gasteiger partial charge in [-0.3, -0.25) is 9.59 Å². The van der Waals surface area contributed by atoms with E-state index in [-0.39, 0.29) is 32.2 Å². The maximum Gasteiger partial charge on any atom is 0.306 e. The van der Waals surface area contributed by atoms with Crippen molar-refractivity contribution in [2.24, 2.45) is 0 Å². The summed E-state index contributed by atoms with van der Waals surface area (Å²) in [4.78, 5) is 37.0. The molecular weight excluding hydrogens is 767 g/mol. The molecular formula is C52H91NO8. The van der Waals surface area contributed by atoms with Crippen molar-refractivity contribution in [2.45, 2.75) is 206 Å². The Bertz CT molecular complexity index is 1180. The number of likely N-dealkylation sites (N-methyl/N-ethyl adjacent to an activating group) is 1. The number of hydrogen-bond donors (Lipinski definition) is 0. The van der Waals surface area contributed by atoms with Gasteiger partial charge in [0.15, 0.2) is 12.4 Å². The average Bonchev–Trinajstić information content (AvgIpc) is 3.22. The first-order chi connectivity index (χ1) is 29.6. The van der Waals surface area contributed by atoms with Crippen molar-refractivity contribution in [3.63, 3.8) is 0 Å². The van der Waals surface area contributed by atoms with Crippen LogP contribution in [0.5, 0.6) is 0 Å². The molecule has 0 aliphatic heterocycles. The summed E-state index contributed by atoms with van der Waals surface area (Å²) in [5.41, 5.74) is 0. The maximum atomic E-state index is 12.8. The molecule has 0 radical (unpaired) electrons. The van der Waals surface area contributed by atoms with Gasteiger partial charge in [-0.2, -0.15) is 0 Å². The molecule has 0 aliphatic carbocycles. The van der Waals surface area contributed by atoms with Crippen LogP contribution >= 0.6 is 0 Å². The minimum Gasteiger partial charge on any atom is -0.545 e. The van der Waals surface area contributed by atoms with Gasteiger partial charge in [0.05, 0.1) is 40.3 Å². The van der Waals surface area contributed by atoms with Gasteiger partial charge < -0.3 is 33.3 Å². The third-order valence-electron chi connectivity index (χ3n) is 10.3. The summed E-state index contributed by atoms with van der Waals surface area (Å²) in [6.07, 6.45) is 49.7. The zero-order valence-electron chi connectivity index (χ0n) is 39.8. The van der Waals surface area contributed by atoms with E-state index in [1.165, 1.54) is 83.5 Å². The van der Waals surface area contributed by atoms with Crippen molar-refractivity contribution in [3.8, 4) is 0 Å². The van der Waals surface area contributed by atoms with Crippen LogP contribution < -0.4 is 5.11 Å². The molecule has 0 spiro atoms. The molecule has 0 fully saturated rings. The fourth-order valence-electron chi connectivity index (χ4n) is 6.50. The second-order valence-corrected chi connectivity index (χ2v) is 17.4. The molecule has 61 heavy (non-hydrogen) atoms. The number of unbranched alkanes of at least 4 members (excludes halogenated alkanes) is 19. The lowest BCUT2D eigenvalue weighted by Crippen LogP contribution is -2.44. The van der Waals surface area contributed by atoms with E-state index in [4.69, 9.17) is 18.9 Å². The first kappa shape index (κ1) is 58.0. The van der Waals surface area contributed by atoms with E-state index in [0.717, 1.165) is 77.0 Å². The molecule has 0 heterocycles. The Morgan fingerprint density at radius 1 is 0.508 bits per heavy atom. The zero-order valence-corrected chi connectivity index (χ0v) is 39.8. The monoisotopic (exact) mass is 858 g/mol. The standard InChI is InChI=1S/C52H91NO8/c1-6-8-10-12-14-16-18-19-20-21-22-23-24-25-26-27-28-29-30-31-33-35-37-39-41-43-50(55)61-48(47-60-52(51(56)57)58-45-44-53(3,4)5)46-59-49(54)42-40-38-36-34-32-17-15-13-11-9-7-2/h8,10,14,16,19-20,22-23,25-26,48,52H,6-7,9,11-13,15,17-18,21,24,27-47H2,1-5H3/b10-8-,16-14-,20-19-,23-22-,26-25-. The molecule has 0 aromatic carbocycles. The summed E-state index contributed by atoms with van der Waals surface area (Å²) in [7, 11) is 5.90. The molecule has 0 aliphatic rings. The number of ether oxygens (including phenoxy) is 4. The molecule has 0 aromatic heterocycles. The number of esters is 2. The Morgan fingerprint density at radius 3 is 1.39 bits per heavy atom. The lowest BCUT2D eigenvalue weighted by molar-refractivity contribution is -0.870. The summed E-state index contributed by atoms with van der Waals surface area (Å²) in [5.74, 6) is -2.29. The Labute approximate surface area is 374 Å². The number of aliphatic carboxylic acids is 1. The van der Waals surface area contributed by atoms with E-state index < -0.39 is 24.3 Å². The molecule has 2 unspecified atom stereocenters. The number of carboxylic acid groups (broad SMARTS) is 1. The Kier molecular flexibility index (Phi) is 41.5. The van der Waals surface area contributed by atoms with Crippen molar-refractivity contribution in [2.75, 3.05) is 47.5 Å².